The molecule has 0 radical (unpaired) electrons. The minimum Gasteiger partial charge on any atom is -0.352 e. The summed E-state index contributed by atoms with van der Waals surface area (Å²) in [5.41, 5.74) is 0.489. The Balaban J connectivity index is 1.74. The van der Waals surface area contributed by atoms with Gasteiger partial charge in [-0.15, -0.1) is 0 Å². The number of fused-ring (bicyclic) bond motifs is 1. The second-order valence-corrected chi connectivity index (χ2v) is 6.26. The predicted octanol–water partition coefficient (Wildman–Crippen LogP) is 2.83. The van der Waals surface area contributed by atoms with Crippen LogP contribution in [0.5, 0.6) is 0 Å². The summed E-state index contributed by atoms with van der Waals surface area (Å²) in [5, 5.41) is 3.26. The van der Waals surface area contributed by atoms with Crippen LogP contribution in [0.3, 0.4) is 0 Å². The quantitative estimate of drug-likeness (QED) is 0.758. The molecule has 0 unspecified atom stereocenters. The summed E-state index contributed by atoms with van der Waals surface area (Å²) in [4.78, 5) is 30.9. The first-order chi connectivity index (χ1) is 13.0. The smallest absolute Gasteiger partial charge is 0.273 e. The first-order valence-electron chi connectivity index (χ1n) is 8.44. The zero-order chi connectivity index (χ0) is 19.0. The van der Waals surface area contributed by atoms with Crippen LogP contribution in [0, 0.1) is 11.6 Å². The number of hydrogen-bond donors (Lipinski definition) is 1. The van der Waals surface area contributed by atoms with Gasteiger partial charge < -0.3 is 10.2 Å². The van der Waals surface area contributed by atoms with E-state index in [1.54, 1.807) is 24.3 Å². The molecule has 2 aromatic carbocycles. The van der Waals surface area contributed by atoms with Crippen molar-refractivity contribution in [3.63, 3.8) is 0 Å². The zero-order valence-corrected chi connectivity index (χ0v) is 14.2. The van der Waals surface area contributed by atoms with Crippen LogP contribution in [-0.4, -0.2) is 34.8 Å². The van der Waals surface area contributed by atoms with Gasteiger partial charge in [-0.25, -0.2) is 13.8 Å². The van der Waals surface area contributed by atoms with Crippen molar-refractivity contribution in [2.45, 2.75) is 6.04 Å². The van der Waals surface area contributed by atoms with Crippen molar-refractivity contribution in [2.75, 3.05) is 13.1 Å². The summed E-state index contributed by atoms with van der Waals surface area (Å²) in [6.45, 7) is 0.515. The maximum Gasteiger partial charge on any atom is 0.273 e. The van der Waals surface area contributed by atoms with E-state index in [0.29, 0.717) is 10.9 Å². The van der Waals surface area contributed by atoms with Crippen LogP contribution in [0.2, 0.25) is 0 Å². The highest BCUT2D eigenvalue weighted by Crippen LogP contribution is 2.26. The Morgan fingerprint density at radius 1 is 1.11 bits per heavy atom. The largest absolute Gasteiger partial charge is 0.352 e. The highest BCUT2D eigenvalue weighted by molar-refractivity contribution is 5.98. The third-order valence-electron chi connectivity index (χ3n) is 4.53. The molecule has 5 nitrogen and oxygen atoms in total. The van der Waals surface area contributed by atoms with E-state index in [2.05, 4.69) is 10.3 Å². The van der Waals surface area contributed by atoms with Crippen molar-refractivity contribution in [1.82, 2.24) is 15.2 Å². The number of amides is 2. The predicted molar refractivity (Wildman–Crippen MR) is 94.9 cm³/mol. The van der Waals surface area contributed by atoms with E-state index in [4.69, 9.17) is 0 Å². The summed E-state index contributed by atoms with van der Waals surface area (Å²) in [6.07, 6.45) is 0. The average Bonchev–Trinajstić information content (AvgIpc) is 2.67. The molecular formula is C20H15F2N3O2. The molecule has 1 aliphatic rings. The van der Waals surface area contributed by atoms with E-state index in [0.717, 1.165) is 0 Å². The molecule has 2 amide bonds. The van der Waals surface area contributed by atoms with Crippen molar-refractivity contribution in [3.8, 4) is 0 Å². The number of nitrogens with zero attached hydrogens (tertiary/aromatic N) is 2. The number of benzene rings is 2. The minimum absolute atomic E-state index is 0.0312. The molecule has 0 saturated carbocycles. The highest BCUT2D eigenvalue weighted by Gasteiger charge is 2.35. The molecule has 4 rings (SSSR count). The standard InChI is InChI=1S/C20H15F2N3O2/c21-14-5-1-4-13(11-14)18-19(26)23-9-10-25(18)20(27)16-8-7-12-3-2-6-15(22)17(12)24-16/h1-8,11,18H,9-10H2,(H,23,26)/t18-/m0/s1. The zero-order valence-electron chi connectivity index (χ0n) is 14.2. The fourth-order valence-corrected chi connectivity index (χ4v) is 3.27. The van der Waals surface area contributed by atoms with Crippen LogP contribution in [0.25, 0.3) is 10.9 Å². The van der Waals surface area contributed by atoms with E-state index in [1.165, 1.54) is 35.2 Å². The summed E-state index contributed by atoms with van der Waals surface area (Å²) >= 11 is 0. The molecule has 0 spiro atoms. The SMILES string of the molecule is O=C1NCCN(C(=O)c2ccc3cccc(F)c3n2)[C@H]1c1cccc(F)c1. The number of rotatable bonds is 2. The molecule has 2 heterocycles. The van der Waals surface area contributed by atoms with Crippen LogP contribution in [0.4, 0.5) is 8.78 Å². The number of carbonyl (C=O) groups is 2. The van der Waals surface area contributed by atoms with Gasteiger partial charge in [0.05, 0.1) is 0 Å². The molecule has 1 atom stereocenters. The Morgan fingerprint density at radius 3 is 2.74 bits per heavy atom. The second-order valence-electron chi connectivity index (χ2n) is 6.26. The summed E-state index contributed by atoms with van der Waals surface area (Å²) < 4.78 is 27.7. The lowest BCUT2D eigenvalue weighted by molar-refractivity contribution is -0.128. The number of carbonyl (C=O) groups excluding carboxylic acids is 2. The van der Waals surface area contributed by atoms with Gasteiger partial charge in [0.25, 0.3) is 5.91 Å². The normalized spacial score (nSPS) is 17.0. The van der Waals surface area contributed by atoms with Crippen molar-refractivity contribution in [1.29, 1.82) is 0 Å². The van der Waals surface area contributed by atoms with Gasteiger partial charge in [-0.3, -0.25) is 9.59 Å². The van der Waals surface area contributed by atoms with E-state index < -0.39 is 29.5 Å². The maximum absolute atomic E-state index is 14.0. The maximum atomic E-state index is 14.0. The Hall–Kier alpha value is -3.35. The molecule has 136 valence electrons. The van der Waals surface area contributed by atoms with Gasteiger partial charge in [-0.05, 0) is 29.8 Å². The van der Waals surface area contributed by atoms with Crippen LogP contribution in [-0.2, 0) is 4.79 Å². The second kappa shape index (κ2) is 6.75. The molecule has 1 aliphatic heterocycles. The summed E-state index contributed by atoms with van der Waals surface area (Å²) in [7, 11) is 0. The van der Waals surface area contributed by atoms with Crippen molar-refractivity contribution < 1.29 is 18.4 Å². The number of pyridine rings is 1. The number of aromatic nitrogens is 1. The van der Waals surface area contributed by atoms with Crippen LogP contribution in [0.15, 0.2) is 54.6 Å². The first-order valence-corrected chi connectivity index (χ1v) is 8.44. The number of hydrogen-bond acceptors (Lipinski definition) is 3. The molecule has 1 saturated heterocycles. The van der Waals surface area contributed by atoms with Crippen LogP contribution < -0.4 is 5.32 Å². The molecule has 0 bridgehead atoms. The van der Waals surface area contributed by atoms with Gasteiger partial charge in [0, 0.05) is 18.5 Å². The van der Waals surface area contributed by atoms with Gasteiger partial charge in [0.2, 0.25) is 5.91 Å². The minimum atomic E-state index is -0.972. The average molecular weight is 367 g/mol. The molecule has 0 aliphatic carbocycles. The monoisotopic (exact) mass is 367 g/mol. The number of halogens is 2. The molecule has 27 heavy (non-hydrogen) atoms. The fourth-order valence-electron chi connectivity index (χ4n) is 3.27. The van der Waals surface area contributed by atoms with Gasteiger partial charge in [0.15, 0.2) is 0 Å². The summed E-state index contributed by atoms with van der Waals surface area (Å²) in [5.74, 6) is -1.93. The van der Waals surface area contributed by atoms with E-state index in [-0.39, 0.29) is 24.3 Å². The van der Waals surface area contributed by atoms with Gasteiger partial charge in [0.1, 0.15) is 28.9 Å². The molecule has 7 heteroatoms. The van der Waals surface area contributed by atoms with Gasteiger partial charge in [-0.2, -0.15) is 0 Å². The Morgan fingerprint density at radius 2 is 1.93 bits per heavy atom. The number of para-hydroxylation sites is 1. The molecule has 3 aromatic rings. The molecular weight excluding hydrogens is 352 g/mol. The van der Waals surface area contributed by atoms with Gasteiger partial charge >= 0.3 is 0 Å². The molecule has 1 fully saturated rings. The Bertz CT molecular complexity index is 1050. The Kier molecular flexibility index (Phi) is 4.27. The fraction of sp³-hybridized carbons (Fsp3) is 0.150. The lowest BCUT2D eigenvalue weighted by Crippen LogP contribution is -2.52. The van der Waals surface area contributed by atoms with Crippen molar-refractivity contribution >= 4 is 22.7 Å². The van der Waals surface area contributed by atoms with Gasteiger partial charge in [-0.1, -0.05) is 30.3 Å². The molecule has 1 aromatic heterocycles. The third-order valence-corrected chi connectivity index (χ3v) is 4.53. The van der Waals surface area contributed by atoms with E-state index >= 15 is 0 Å². The number of nitrogens with one attached hydrogen (secondary N) is 1. The third kappa shape index (κ3) is 3.12. The van der Waals surface area contributed by atoms with E-state index in [1.807, 2.05) is 0 Å². The lowest BCUT2D eigenvalue weighted by atomic mass is 10.0. The number of piperazine rings is 1. The van der Waals surface area contributed by atoms with Crippen molar-refractivity contribution in [3.05, 3.63) is 77.5 Å². The topological polar surface area (TPSA) is 62.3 Å². The molecule has 1 N–H and O–H groups in total. The van der Waals surface area contributed by atoms with Crippen LogP contribution in [0.1, 0.15) is 22.1 Å². The Labute approximate surface area is 153 Å². The summed E-state index contributed by atoms with van der Waals surface area (Å²) in [6, 6.07) is 12.2. The lowest BCUT2D eigenvalue weighted by Gasteiger charge is -2.35. The van der Waals surface area contributed by atoms with Crippen LogP contribution >= 0.6 is 0 Å². The van der Waals surface area contributed by atoms with E-state index in [9.17, 15) is 18.4 Å². The highest BCUT2D eigenvalue weighted by atomic mass is 19.1. The van der Waals surface area contributed by atoms with Crippen molar-refractivity contribution in [2.24, 2.45) is 0 Å². The first kappa shape index (κ1) is 17.1.